The predicted octanol–water partition coefficient (Wildman–Crippen LogP) is 4.80. The van der Waals surface area contributed by atoms with Gasteiger partial charge in [-0.05, 0) is 30.3 Å². The number of hydrogen-bond acceptors (Lipinski definition) is 4. The molecule has 5 nitrogen and oxygen atoms in total. The van der Waals surface area contributed by atoms with Crippen LogP contribution < -0.4 is 10.2 Å². The Labute approximate surface area is 155 Å². The van der Waals surface area contributed by atoms with Crippen molar-refractivity contribution in [3.8, 4) is 0 Å². The van der Waals surface area contributed by atoms with Gasteiger partial charge in [-0.3, -0.25) is 4.79 Å². The Hall–Kier alpha value is -2.63. The molecule has 0 bridgehead atoms. The van der Waals surface area contributed by atoms with Crippen LogP contribution in [0.4, 0.5) is 17.3 Å². The minimum Gasteiger partial charge on any atom is -0.320 e. The number of benzene rings is 2. The highest BCUT2D eigenvalue weighted by Gasteiger charge is 2.12. The number of para-hydroxylation sites is 1. The molecule has 0 spiro atoms. The quantitative estimate of drug-likeness (QED) is 0.714. The lowest BCUT2D eigenvalue weighted by atomic mass is 10.2. The second-order valence-electron chi connectivity index (χ2n) is 5.24. The van der Waals surface area contributed by atoms with Crippen molar-refractivity contribution in [1.82, 2.24) is 9.97 Å². The maximum atomic E-state index is 12.3. The highest BCUT2D eigenvalue weighted by Crippen LogP contribution is 2.26. The van der Waals surface area contributed by atoms with E-state index in [2.05, 4.69) is 15.3 Å². The summed E-state index contributed by atoms with van der Waals surface area (Å²) in [6, 6.07) is 14.6. The molecule has 0 fully saturated rings. The molecule has 3 rings (SSSR count). The van der Waals surface area contributed by atoms with Gasteiger partial charge in [-0.15, -0.1) is 0 Å². The third kappa shape index (κ3) is 4.07. The number of carbonyl (C=O) groups excluding carboxylic acids is 1. The van der Waals surface area contributed by atoms with Gasteiger partial charge in [0, 0.05) is 30.2 Å². The molecule has 0 aliphatic heterocycles. The van der Waals surface area contributed by atoms with E-state index in [1.54, 1.807) is 18.2 Å². The Balaban J connectivity index is 1.76. The molecule has 0 unspecified atom stereocenters. The Morgan fingerprint density at radius 1 is 1.04 bits per heavy atom. The van der Waals surface area contributed by atoms with E-state index in [0.717, 1.165) is 5.69 Å². The van der Waals surface area contributed by atoms with Gasteiger partial charge in [-0.1, -0.05) is 41.4 Å². The van der Waals surface area contributed by atoms with Crippen LogP contribution in [0.5, 0.6) is 0 Å². The Bertz CT molecular complexity index is 885. The van der Waals surface area contributed by atoms with Crippen LogP contribution in [0.1, 0.15) is 10.4 Å². The zero-order valence-corrected chi connectivity index (χ0v) is 14.8. The summed E-state index contributed by atoms with van der Waals surface area (Å²) in [5, 5.41) is 3.58. The lowest BCUT2D eigenvalue weighted by molar-refractivity contribution is 0.102. The molecule has 1 amide bonds. The first-order valence-electron chi connectivity index (χ1n) is 7.42. The fraction of sp³-hybridized carbons (Fsp3) is 0.0556. The van der Waals surface area contributed by atoms with Crippen LogP contribution in [0.25, 0.3) is 0 Å². The summed E-state index contributed by atoms with van der Waals surface area (Å²) in [6.45, 7) is 0. The molecule has 1 aromatic heterocycles. The van der Waals surface area contributed by atoms with Gasteiger partial charge in [-0.25, -0.2) is 9.97 Å². The zero-order chi connectivity index (χ0) is 17.8. The molecule has 7 heteroatoms. The molecule has 0 atom stereocenters. The van der Waals surface area contributed by atoms with Crippen LogP contribution in [0.2, 0.25) is 10.0 Å². The molecule has 126 valence electrons. The topological polar surface area (TPSA) is 58.1 Å². The average molecular weight is 373 g/mol. The Morgan fingerprint density at radius 2 is 1.72 bits per heavy atom. The maximum Gasteiger partial charge on any atom is 0.258 e. The van der Waals surface area contributed by atoms with Crippen LogP contribution >= 0.6 is 23.2 Å². The van der Waals surface area contributed by atoms with Gasteiger partial charge in [0.1, 0.15) is 0 Å². The highest BCUT2D eigenvalue weighted by molar-refractivity contribution is 6.35. The minimum absolute atomic E-state index is 0.321. The monoisotopic (exact) mass is 372 g/mol. The molecular weight excluding hydrogens is 359 g/mol. The molecule has 0 saturated heterocycles. The molecule has 0 aliphatic rings. The molecule has 1 N–H and O–H groups in total. The SMILES string of the molecule is CN(c1ccccc1)c1ncc(C(=O)Nc2cc(Cl)ccc2Cl)cn1. The van der Waals surface area contributed by atoms with Crippen molar-refractivity contribution in [1.29, 1.82) is 0 Å². The van der Waals surface area contributed by atoms with Gasteiger partial charge in [0.05, 0.1) is 16.3 Å². The van der Waals surface area contributed by atoms with Crippen molar-refractivity contribution >= 4 is 46.4 Å². The number of amides is 1. The maximum absolute atomic E-state index is 12.3. The largest absolute Gasteiger partial charge is 0.320 e. The van der Waals surface area contributed by atoms with Crippen molar-refractivity contribution < 1.29 is 4.79 Å². The Kier molecular flexibility index (Phi) is 5.16. The number of nitrogens with zero attached hydrogens (tertiary/aromatic N) is 3. The van der Waals surface area contributed by atoms with E-state index in [0.29, 0.717) is 27.2 Å². The number of carbonyl (C=O) groups is 1. The van der Waals surface area contributed by atoms with E-state index in [9.17, 15) is 4.79 Å². The Morgan fingerprint density at radius 3 is 2.40 bits per heavy atom. The normalized spacial score (nSPS) is 10.4. The summed E-state index contributed by atoms with van der Waals surface area (Å²) < 4.78 is 0. The third-order valence-corrected chi connectivity index (χ3v) is 4.09. The standard InChI is InChI=1S/C18H14Cl2N4O/c1-24(14-5-3-2-4-6-14)18-21-10-12(11-22-18)17(25)23-16-9-13(19)7-8-15(16)20/h2-11H,1H3,(H,23,25). The van der Waals surface area contributed by atoms with E-state index in [1.807, 2.05) is 42.3 Å². The minimum atomic E-state index is -0.363. The third-order valence-electron chi connectivity index (χ3n) is 3.52. The summed E-state index contributed by atoms with van der Waals surface area (Å²) in [4.78, 5) is 22.7. The second kappa shape index (κ2) is 7.51. The van der Waals surface area contributed by atoms with Crippen LogP contribution in [0, 0.1) is 0 Å². The van der Waals surface area contributed by atoms with Gasteiger partial charge < -0.3 is 10.2 Å². The smallest absolute Gasteiger partial charge is 0.258 e. The fourth-order valence-corrected chi connectivity index (χ4v) is 2.50. The van der Waals surface area contributed by atoms with Crippen molar-refractivity contribution in [3.05, 3.63) is 76.5 Å². The lowest BCUT2D eigenvalue weighted by Gasteiger charge is -2.16. The predicted molar refractivity (Wildman–Crippen MR) is 101 cm³/mol. The van der Waals surface area contributed by atoms with Crippen LogP contribution in [0.15, 0.2) is 60.9 Å². The van der Waals surface area contributed by atoms with Crippen molar-refractivity contribution in [2.45, 2.75) is 0 Å². The van der Waals surface area contributed by atoms with Gasteiger partial charge in [-0.2, -0.15) is 0 Å². The molecule has 3 aromatic rings. The molecule has 0 saturated carbocycles. The zero-order valence-electron chi connectivity index (χ0n) is 13.3. The molecule has 0 aliphatic carbocycles. The first-order valence-corrected chi connectivity index (χ1v) is 8.17. The average Bonchev–Trinajstić information content (AvgIpc) is 2.65. The van der Waals surface area contributed by atoms with Crippen LogP contribution in [-0.2, 0) is 0 Å². The number of hydrogen-bond donors (Lipinski definition) is 1. The molecule has 0 radical (unpaired) electrons. The number of halogens is 2. The van der Waals surface area contributed by atoms with Crippen molar-refractivity contribution in [2.24, 2.45) is 0 Å². The fourth-order valence-electron chi connectivity index (χ4n) is 2.17. The van der Waals surface area contributed by atoms with Crippen LogP contribution in [0.3, 0.4) is 0 Å². The van der Waals surface area contributed by atoms with Crippen molar-refractivity contribution in [2.75, 3.05) is 17.3 Å². The molecule has 25 heavy (non-hydrogen) atoms. The van der Waals surface area contributed by atoms with E-state index >= 15 is 0 Å². The van der Waals surface area contributed by atoms with Gasteiger partial charge in [0.2, 0.25) is 5.95 Å². The summed E-state index contributed by atoms with van der Waals surface area (Å²) >= 11 is 12.0. The summed E-state index contributed by atoms with van der Waals surface area (Å²) in [5.74, 6) is 0.126. The second-order valence-corrected chi connectivity index (χ2v) is 6.09. The summed E-state index contributed by atoms with van der Waals surface area (Å²) in [7, 11) is 1.86. The molecule has 1 heterocycles. The van der Waals surface area contributed by atoms with Gasteiger partial charge >= 0.3 is 0 Å². The van der Waals surface area contributed by atoms with Gasteiger partial charge in [0.15, 0.2) is 0 Å². The molecular formula is C18H14Cl2N4O. The number of aromatic nitrogens is 2. The van der Waals surface area contributed by atoms with Gasteiger partial charge in [0.25, 0.3) is 5.91 Å². The summed E-state index contributed by atoms with van der Waals surface area (Å²) in [5.41, 5.74) is 1.70. The van der Waals surface area contributed by atoms with Crippen molar-refractivity contribution in [3.63, 3.8) is 0 Å². The first kappa shape index (κ1) is 17.2. The first-order chi connectivity index (χ1) is 12.0. The number of rotatable bonds is 4. The van der Waals surface area contributed by atoms with E-state index in [-0.39, 0.29) is 5.91 Å². The summed E-state index contributed by atoms with van der Waals surface area (Å²) in [6.07, 6.45) is 2.94. The molecule has 2 aromatic carbocycles. The highest BCUT2D eigenvalue weighted by atomic mass is 35.5. The number of nitrogens with one attached hydrogen (secondary N) is 1. The van der Waals surface area contributed by atoms with E-state index in [4.69, 9.17) is 23.2 Å². The van der Waals surface area contributed by atoms with E-state index < -0.39 is 0 Å². The number of anilines is 3. The lowest BCUT2D eigenvalue weighted by Crippen LogP contribution is -2.16. The van der Waals surface area contributed by atoms with Crippen LogP contribution in [-0.4, -0.2) is 22.9 Å². The van der Waals surface area contributed by atoms with E-state index in [1.165, 1.54) is 12.4 Å².